The Morgan fingerprint density at radius 1 is 1.12 bits per heavy atom. The number of benzene rings is 2. The normalized spacial score (nSPS) is 18.1. The summed E-state index contributed by atoms with van der Waals surface area (Å²) in [4.78, 5) is 46.3. The van der Waals surface area contributed by atoms with Crippen LogP contribution < -0.4 is 9.62 Å². The molecular formula is C28H33F2N5O5S2. The van der Waals surface area contributed by atoms with Crippen molar-refractivity contribution >= 4 is 55.2 Å². The van der Waals surface area contributed by atoms with Crippen LogP contribution in [0.25, 0.3) is 10.2 Å². The molecule has 3 amide bonds. The number of halogens is 2. The lowest BCUT2D eigenvalue weighted by molar-refractivity contribution is -0.137. The minimum absolute atomic E-state index is 0.0685. The zero-order valence-corrected chi connectivity index (χ0v) is 25.4. The highest BCUT2D eigenvalue weighted by atomic mass is 32.2. The maximum Gasteiger partial charge on any atom is 0.304 e. The highest BCUT2D eigenvalue weighted by molar-refractivity contribution is 7.87. The molecule has 0 bridgehead atoms. The number of hydrogen-bond donors (Lipinski definition) is 1. The maximum atomic E-state index is 13.9. The first-order chi connectivity index (χ1) is 19.7. The number of rotatable bonds is 10. The van der Waals surface area contributed by atoms with Crippen molar-refractivity contribution in [3.8, 4) is 0 Å². The fraction of sp³-hybridized carbons (Fsp3) is 0.429. The van der Waals surface area contributed by atoms with Gasteiger partial charge in [0, 0.05) is 51.8 Å². The monoisotopic (exact) mass is 621 g/mol. The molecule has 3 aromatic rings. The number of nitrogens with zero attached hydrogens (tertiary/aromatic N) is 4. The Morgan fingerprint density at radius 3 is 2.48 bits per heavy atom. The van der Waals surface area contributed by atoms with Gasteiger partial charge in [-0.25, -0.2) is 18.5 Å². The van der Waals surface area contributed by atoms with Crippen LogP contribution >= 0.6 is 11.3 Å². The number of fused-ring (bicyclic) bond motifs is 1. The standard InChI is InChI=1S/C28H33F2N5O5S2/c1-28(27(38)33(2)3)10-5-11-35(28)42(39,40)32-25(36)9-6-19(12-18-13-20(29)15-21(30)14-18)26(37)34(4)22-7-8-24-23(16-22)31-17-41-24/h7-8,13-17,19H,5-6,9-12H2,1-4H3,(H,32,36)/t19-,28?/m0/s1. The summed E-state index contributed by atoms with van der Waals surface area (Å²) in [6.45, 7) is 1.59. The summed E-state index contributed by atoms with van der Waals surface area (Å²) in [6.07, 6.45) is 0.205. The molecule has 1 aliphatic rings. The van der Waals surface area contributed by atoms with Crippen molar-refractivity contribution in [3.63, 3.8) is 0 Å². The van der Waals surface area contributed by atoms with Gasteiger partial charge in [-0.1, -0.05) is 0 Å². The van der Waals surface area contributed by atoms with Gasteiger partial charge in [0.1, 0.15) is 17.2 Å². The molecule has 42 heavy (non-hydrogen) atoms. The van der Waals surface area contributed by atoms with Crippen molar-refractivity contribution in [2.45, 2.75) is 44.6 Å². The summed E-state index contributed by atoms with van der Waals surface area (Å²) >= 11 is 1.45. The van der Waals surface area contributed by atoms with Crippen LogP contribution in [0.5, 0.6) is 0 Å². The highest BCUT2D eigenvalue weighted by Gasteiger charge is 2.50. The number of carbonyl (C=O) groups is 3. The Labute approximate surface area is 247 Å². The van der Waals surface area contributed by atoms with Crippen LogP contribution in [0.15, 0.2) is 41.9 Å². The molecule has 1 fully saturated rings. The van der Waals surface area contributed by atoms with E-state index in [0.717, 1.165) is 27.2 Å². The summed E-state index contributed by atoms with van der Waals surface area (Å²) < 4.78 is 58.2. The second-order valence-corrected chi connectivity index (χ2v) is 13.3. The summed E-state index contributed by atoms with van der Waals surface area (Å²) in [5, 5.41) is 0. The zero-order chi connectivity index (χ0) is 30.8. The van der Waals surface area contributed by atoms with Gasteiger partial charge in [0.15, 0.2) is 0 Å². The fourth-order valence-corrected chi connectivity index (χ4v) is 7.58. The van der Waals surface area contributed by atoms with E-state index in [1.165, 1.54) is 42.2 Å². The third-order valence-corrected chi connectivity index (χ3v) is 9.94. The summed E-state index contributed by atoms with van der Waals surface area (Å²) in [7, 11) is 0.240. The van der Waals surface area contributed by atoms with Gasteiger partial charge in [-0.2, -0.15) is 12.7 Å². The van der Waals surface area contributed by atoms with Crippen LogP contribution in [0.4, 0.5) is 14.5 Å². The van der Waals surface area contributed by atoms with Crippen LogP contribution in [0, 0.1) is 17.6 Å². The molecule has 2 atom stereocenters. The van der Waals surface area contributed by atoms with Gasteiger partial charge in [-0.05, 0) is 68.5 Å². The number of likely N-dealkylation sites (N-methyl/N-ethyl adjacent to an activating group) is 1. The van der Waals surface area contributed by atoms with Crippen molar-refractivity contribution in [1.82, 2.24) is 18.9 Å². The van der Waals surface area contributed by atoms with E-state index in [1.54, 1.807) is 24.7 Å². The third kappa shape index (κ3) is 6.76. The van der Waals surface area contributed by atoms with Crippen molar-refractivity contribution < 1.29 is 31.6 Å². The Balaban J connectivity index is 1.51. The molecule has 4 rings (SSSR count). The van der Waals surface area contributed by atoms with E-state index in [1.807, 2.05) is 10.8 Å². The van der Waals surface area contributed by atoms with Crippen LogP contribution in [0.1, 0.15) is 38.2 Å². The van der Waals surface area contributed by atoms with Gasteiger partial charge < -0.3 is 9.80 Å². The Morgan fingerprint density at radius 2 is 1.81 bits per heavy atom. The van der Waals surface area contributed by atoms with E-state index in [-0.39, 0.29) is 31.4 Å². The predicted molar refractivity (Wildman–Crippen MR) is 156 cm³/mol. The SMILES string of the molecule is CN(C)C(=O)C1(C)CCCN1S(=O)(=O)NC(=O)CC[C@@H](Cc1cc(F)cc(F)c1)C(=O)N(C)c1ccc2scnc2c1. The molecule has 10 nitrogen and oxygen atoms in total. The number of anilines is 1. The van der Waals surface area contributed by atoms with Crippen molar-refractivity contribution in [2.75, 3.05) is 32.6 Å². The Hall–Kier alpha value is -3.49. The minimum Gasteiger partial charge on any atom is -0.347 e. The number of aromatic nitrogens is 1. The molecule has 14 heteroatoms. The molecule has 226 valence electrons. The molecule has 1 N–H and O–H groups in total. The quantitative estimate of drug-likeness (QED) is 0.370. The molecular weight excluding hydrogens is 588 g/mol. The van der Waals surface area contributed by atoms with E-state index < -0.39 is 51.0 Å². The number of thiazole rings is 1. The number of hydrogen-bond acceptors (Lipinski definition) is 7. The fourth-order valence-electron chi connectivity index (χ4n) is 5.36. The summed E-state index contributed by atoms with van der Waals surface area (Å²) in [5.74, 6) is -4.20. The minimum atomic E-state index is -4.37. The van der Waals surface area contributed by atoms with E-state index in [0.29, 0.717) is 24.0 Å². The summed E-state index contributed by atoms with van der Waals surface area (Å²) in [5.41, 5.74) is 1.81. The highest BCUT2D eigenvalue weighted by Crippen LogP contribution is 2.33. The van der Waals surface area contributed by atoms with Gasteiger partial charge in [0.25, 0.3) is 0 Å². The van der Waals surface area contributed by atoms with Crippen molar-refractivity contribution in [2.24, 2.45) is 5.92 Å². The van der Waals surface area contributed by atoms with E-state index in [9.17, 15) is 31.6 Å². The average Bonchev–Trinajstić information content (AvgIpc) is 3.56. The number of amides is 3. The van der Waals surface area contributed by atoms with Gasteiger partial charge in [-0.3, -0.25) is 14.4 Å². The summed E-state index contributed by atoms with van der Waals surface area (Å²) in [6, 6.07) is 8.27. The molecule has 0 radical (unpaired) electrons. The van der Waals surface area contributed by atoms with Crippen LogP contribution in [-0.4, -0.2) is 73.6 Å². The smallest absolute Gasteiger partial charge is 0.304 e. The van der Waals surface area contributed by atoms with Gasteiger partial charge in [0.05, 0.1) is 15.7 Å². The predicted octanol–water partition coefficient (Wildman–Crippen LogP) is 3.48. The van der Waals surface area contributed by atoms with E-state index in [4.69, 9.17) is 0 Å². The van der Waals surface area contributed by atoms with Gasteiger partial charge >= 0.3 is 10.2 Å². The molecule has 0 spiro atoms. The molecule has 1 aromatic heterocycles. The Kier molecular flexibility index (Phi) is 9.28. The number of carbonyl (C=O) groups excluding carboxylic acids is 3. The number of nitrogens with one attached hydrogen (secondary N) is 1. The lowest BCUT2D eigenvalue weighted by Crippen LogP contribution is -2.58. The molecule has 2 aromatic carbocycles. The second kappa shape index (κ2) is 12.4. The molecule has 0 aliphatic carbocycles. The van der Waals surface area contributed by atoms with Gasteiger partial charge in [-0.15, -0.1) is 11.3 Å². The van der Waals surface area contributed by atoms with Crippen LogP contribution in [-0.2, 0) is 31.0 Å². The lowest BCUT2D eigenvalue weighted by Gasteiger charge is -2.34. The molecule has 0 saturated carbocycles. The third-order valence-electron chi connectivity index (χ3n) is 7.48. The Bertz CT molecular complexity index is 1590. The molecule has 1 unspecified atom stereocenters. The average molecular weight is 622 g/mol. The molecule has 2 heterocycles. The topological polar surface area (TPSA) is 120 Å². The van der Waals surface area contributed by atoms with E-state index in [2.05, 4.69) is 4.98 Å². The van der Waals surface area contributed by atoms with Crippen LogP contribution in [0.2, 0.25) is 0 Å². The second-order valence-electron chi connectivity index (χ2n) is 10.8. The largest absolute Gasteiger partial charge is 0.347 e. The first-order valence-corrected chi connectivity index (χ1v) is 15.6. The molecule has 1 aliphatic heterocycles. The van der Waals surface area contributed by atoms with E-state index >= 15 is 0 Å². The lowest BCUT2D eigenvalue weighted by atomic mass is 9.93. The van der Waals surface area contributed by atoms with Crippen molar-refractivity contribution in [1.29, 1.82) is 0 Å². The van der Waals surface area contributed by atoms with Gasteiger partial charge in [0.2, 0.25) is 17.7 Å². The van der Waals surface area contributed by atoms with Crippen LogP contribution in [0.3, 0.4) is 0 Å². The molecule has 1 saturated heterocycles. The maximum absolute atomic E-state index is 13.9. The van der Waals surface area contributed by atoms with Crippen molar-refractivity contribution in [3.05, 3.63) is 59.1 Å². The first kappa shape index (κ1) is 31.4. The zero-order valence-electron chi connectivity index (χ0n) is 23.8. The first-order valence-electron chi connectivity index (χ1n) is 13.3.